The second kappa shape index (κ2) is 6.47. The van der Waals surface area contributed by atoms with Gasteiger partial charge in [0.25, 0.3) is 0 Å². The Labute approximate surface area is 128 Å². The van der Waals surface area contributed by atoms with Crippen LogP contribution in [0.2, 0.25) is 0 Å². The second-order valence-corrected chi connectivity index (χ2v) is 7.28. The summed E-state index contributed by atoms with van der Waals surface area (Å²) in [7, 11) is 0. The SMILES string of the molecule is Cc1ccc(CNC(=O)NC2(C(=O)O)CCCC(C)C2)s1. The minimum absolute atomic E-state index is 0.315. The highest BCUT2D eigenvalue weighted by Gasteiger charge is 2.43. The van der Waals surface area contributed by atoms with Crippen molar-refractivity contribution in [1.82, 2.24) is 10.6 Å². The lowest BCUT2D eigenvalue weighted by Gasteiger charge is -2.36. The monoisotopic (exact) mass is 310 g/mol. The maximum absolute atomic E-state index is 12.0. The van der Waals surface area contributed by atoms with Gasteiger partial charge in [-0.2, -0.15) is 0 Å². The van der Waals surface area contributed by atoms with E-state index in [9.17, 15) is 14.7 Å². The van der Waals surface area contributed by atoms with Crippen molar-refractivity contribution in [3.05, 3.63) is 21.9 Å². The lowest BCUT2D eigenvalue weighted by molar-refractivity contribution is -0.146. The molecule has 0 bridgehead atoms. The average Bonchev–Trinajstić information content (AvgIpc) is 2.82. The third-order valence-electron chi connectivity index (χ3n) is 3.98. The molecule has 2 atom stereocenters. The zero-order valence-electron chi connectivity index (χ0n) is 12.4. The molecule has 6 heteroatoms. The van der Waals surface area contributed by atoms with Crippen LogP contribution in [-0.4, -0.2) is 22.6 Å². The van der Waals surface area contributed by atoms with E-state index in [1.165, 1.54) is 4.88 Å². The Morgan fingerprint density at radius 3 is 2.81 bits per heavy atom. The molecule has 1 aliphatic rings. The van der Waals surface area contributed by atoms with Gasteiger partial charge in [0.05, 0.1) is 6.54 Å². The number of aliphatic carboxylic acids is 1. The highest BCUT2D eigenvalue weighted by Crippen LogP contribution is 2.32. The van der Waals surface area contributed by atoms with Crippen molar-refractivity contribution in [1.29, 1.82) is 0 Å². The van der Waals surface area contributed by atoms with E-state index in [4.69, 9.17) is 0 Å². The minimum Gasteiger partial charge on any atom is -0.480 e. The molecule has 1 aromatic heterocycles. The fourth-order valence-electron chi connectivity index (χ4n) is 2.92. The van der Waals surface area contributed by atoms with E-state index >= 15 is 0 Å². The molecule has 3 N–H and O–H groups in total. The Bertz CT molecular complexity index is 529. The Hall–Kier alpha value is -1.56. The van der Waals surface area contributed by atoms with Gasteiger partial charge in [-0.05, 0) is 37.8 Å². The number of urea groups is 1. The van der Waals surface area contributed by atoms with E-state index in [1.54, 1.807) is 11.3 Å². The number of carbonyl (C=O) groups excluding carboxylic acids is 1. The quantitative estimate of drug-likeness (QED) is 0.800. The standard InChI is InChI=1S/C15H22N2O3S/c1-10-4-3-7-15(8-10,13(18)19)17-14(20)16-9-12-6-5-11(2)21-12/h5-6,10H,3-4,7-9H2,1-2H3,(H,18,19)(H2,16,17,20). The first-order valence-corrected chi connectivity index (χ1v) is 8.08. The molecular formula is C15H22N2O3S. The van der Waals surface area contributed by atoms with Gasteiger partial charge in [-0.1, -0.05) is 19.8 Å². The molecule has 2 unspecified atom stereocenters. The molecule has 1 saturated carbocycles. The highest BCUT2D eigenvalue weighted by molar-refractivity contribution is 7.11. The van der Waals surface area contributed by atoms with Crippen molar-refractivity contribution >= 4 is 23.3 Å². The summed E-state index contributed by atoms with van der Waals surface area (Å²) in [6.45, 7) is 4.47. The fourth-order valence-corrected chi connectivity index (χ4v) is 3.75. The van der Waals surface area contributed by atoms with Crippen LogP contribution in [-0.2, 0) is 11.3 Å². The number of rotatable bonds is 4. The largest absolute Gasteiger partial charge is 0.480 e. The number of carboxylic acid groups (broad SMARTS) is 1. The van der Waals surface area contributed by atoms with Gasteiger partial charge in [-0.3, -0.25) is 0 Å². The Morgan fingerprint density at radius 2 is 2.24 bits per heavy atom. The molecule has 1 aliphatic carbocycles. The lowest BCUT2D eigenvalue weighted by Crippen LogP contribution is -2.58. The summed E-state index contributed by atoms with van der Waals surface area (Å²) in [5, 5.41) is 14.9. The van der Waals surface area contributed by atoms with Gasteiger partial charge in [0.2, 0.25) is 0 Å². The third-order valence-corrected chi connectivity index (χ3v) is 4.98. The van der Waals surface area contributed by atoms with Crippen molar-refractivity contribution < 1.29 is 14.7 Å². The summed E-state index contributed by atoms with van der Waals surface area (Å²) in [6.07, 6.45) is 2.84. The zero-order chi connectivity index (χ0) is 15.5. The highest BCUT2D eigenvalue weighted by atomic mass is 32.1. The number of carbonyl (C=O) groups is 2. The summed E-state index contributed by atoms with van der Waals surface area (Å²) < 4.78 is 0. The first kappa shape index (κ1) is 15.8. The van der Waals surface area contributed by atoms with Crippen LogP contribution >= 0.6 is 11.3 Å². The molecule has 1 aromatic rings. The maximum Gasteiger partial charge on any atom is 0.329 e. The second-order valence-electron chi connectivity index (χ2n) is 5.91. The van der Waals surface area contributed by atoms with E-state index in [2.05, 4.69) is 10.6 Å². The van der Waals surface area contributed by atoms with Crippen LogP contribution in [0.1, 0.15) is 42.4 Å². The fraction of sp³-hybridized carbons (Fsp3) is 0.600. The van der Waals surface area contributed by atoms with Gasteiger partial charge in [0.1, 0.15) is 5.54 Å². The zero-order valence-corrected chi connectivity index (χ0v) is 13.3. The number of hydrogen-bond donors (Lipinski definition) is 3. The van der Waals surface area contributed by atoms with Gasteiger partial charge in [0.15, 0.2) is 0 Å². The van der Waals surface area contributed by atoms with Gasteiger partial charge in [0, 0.05) is 9.75 Å². The summed E-state index contributed by atoms with van der Waals surface area (Å²) in [5.74, 6) is -0.619. The molecule has 2 amide bonds. The Balaban J connectivity index is 1.94. The van der Waals surface area contributed by atoms with Crippen LogP contribution in [0.25, 0.3) is 0 Å². The number of nitrogens with one attached hydrogen (secondary N) is 2. The van der Waals surface area contributed by atoms with Crippen molar-refractivity contribution in [3.8, 4) is 0 Å². The predicted molar refractivity (Wildman–Crippen MR) is 82.4 cm³/mol. The molecule has 0 spiro atoms. The van der Waals surface area contributed by atoms with E-state index in [-0.39, 0.29) is 0 Å². The Kier molecular flexibility index (Phi) is 4.88. The molecule has 1 heterocycles. The molecule has 2 rings (SSSR count). The van der Waals surface area contributed by atoms with Crippen molar-refractivity contribution in [2.24, 2.45) is 5.92 Å². The summed E-state index contributed by atoms with van der Waals surface area (Å²) in [5.41, 5.74) is -1.12. The molecule has 0 radical (unpaired) electrons. The first-order valence-electron chi connectivity index (χ1n) is 7.26. The summed E-state index contributed by atoms with van der Waals surface area (Å²) >= 11 is 1.62. The normalized spacial score (nSPS) is 25.3. The molecule has 0 aromatic carbocycles. The molecule has 1 fully saturated rings. The van der Waals surface area contributed by atoms with Crippen LogP contribution in [0, 0.1) is 12.8 Å². The molecular weight excluding hydrogens is 288 g/mol. The van der Waals surface area contributed by atoms with Crippen molar-refractivity contribution in [2.75, 3.05) is 0 Å². The van der Waals surface area contributed by atoms with Crippen LogP contribution in [0.4, 0.5) is 4.79 Å². The first-order chi connectivity index (χ1) is 9.91. The minimum atomic E-state index is -1.12. The number of amides is 2. The van der Waals surface area contributed by atoms with Crippen LogP contribution in [0.15, 0.2) is 12.1 Å². The molecule has 116 valence electrons. The number of hydrogen-bond acceptors (Lipinski definition) is 3. The van der Waals surface area contributed by atoms with Crippen molar-refractivity contribution in [3.63, 3.8) is 0 Å². The number of carboxylic acids is 1. The Morgan fingerprint density at radius 1 is 1.48 bits per heavy atom. The van der Waals surface area contributed by atoms with Gasteiger partial charge < -0.3 is 15.7 Å². The van der Waals surface area contributed by atoms with Crippen LogP contribution < -0.4 is 10.6 Å². The summed E-state index contributed by atoms with van der Waals surface area (Å²) in [4.78, 5) is 25.9. The van der Waals surface area contributed by atoms with Crippen LogP contribution in [0.5, 0.6) is 0 Å². The van der Waals surface area contributed by atoms with Gasteiger partial charge in [-0.25, -0.2) is 9.59 Å². The molecule has 21 heavy (non-hydrogen) atoms. The van der Waals surface area contributed by atoms with Crippen LogP contribution in [0.3, 0.4) is 0 Å². The molecule has 5 nitrogen and oxygen atoms in total. The molecule has 0 saturated heterocycles. The topological polar surface area (TPSA) is 78.4 Å². The van der Waals surface area contributed by atoms with E-state index in [1.807, 2.05) is 26.0 Å². The molecule has 0 aliphatic heterocycles. The number of thiophene rings is 1. The third kappa shape index (κ3) is 3.97. The average molecular weight is 310 g/mol. The van der Waals surface area contributed by atoms with Crippen molar-refractivity contribution in [2.45, 2.75) is 51.6 Å². The van der Waals surface area contributed by atoms with E-state index < -0.39 is 17.5 Å². The predicted octanol–water partition coefficient (Wildman–Crippen LogP) is 2.89. The number of aryl methyl sites for hydroxylation is 1. The smallest absolute Gasteiger partial charge is 0.329 e. The maximum atomic E-state index is 12.0. The lowest BCUT2D eigenvalue weighted by atomic mass is 9.76. The van der Waals surface area contributed by atoms with E-state index in [0.717, 1.165) is 17.7 Å². The van der Waals surface area contributed by atoms with Gasteiger partial charge >= 0.3 is 12.0 Å². The van der Waals surface area contributed by atoms with Gasteiger partial charge in [-0.15, -0.1) is 11.3 Å². The van der Waals surface area contributed by atoms with E-state index in [0.29, 0.717) is 25.3 Å². The summed E-state index contributed by atoms with van der Waals surface area (Å²) in [6, 6.07) is 3.56.